The topological polar surface area (TPSA) is 69.8 Å². The average Bonchev–Trinajstić information content (AvgIpc) is 2.18. The zero-order chi connectivity index (χ0) is 10.2. The van der Waals surface area contributed by atoms with E-state index in [2.05, 4.69) is 27.5 Å². The molecule has 5 nitrogen and oxygen atoms in total. The van der Waals surface area contributed by atoms with E-state index in [1.54, 1.807) is 0 Å². The van der Waals surface area contributed by atoms with E-state index in [9.17, 15) is 4.79 Å². The largest absolute Gasteiger partial charge is 0.370 e. The van der Waals surface area contributed by atoms with E-state index < -0.39 is 0 Å². The number of hydrogen-bond acceptors (Lipinski definition) is 4. The Kier molecular flexibility index (Phi) is 4.71. The van der Waals surface area contributed by atoms with Gasteiger partial charge in [-0.25, -0.2) is 4.98 Å². The number of nitrogens with one attached hydrogen (secondary N) is 3. The zero-order valence-electron chi connectivity index (χ0n) is 8.34. The molecule has 0 saturated carbocycles. The minimum absolute atomic E-state index is 0.130. The van der Waals surface area contributed by atoms with Gasteiger partial charge in [-0.05, 0) is 19.5 Å². The Labute approximate surface area is 83.0 Å². The number of nitrogens with zero attached hydrogens (tertiary/aromatic N) is 1. The van der Waals surface area contributed by atoms with Crippen molar-refractivity contribution in [1.29, 1.82) is 0 Å². The molecular weight excluding hydrogens is 180 g/mol. The fourth-order valence-corrected chi connectivity index (χ4v) is 1.07. The van der Waals surface area contributed by atoms with Crippen LogP contribution < -0.4 is 16.2 Å². The summed E-state index contributed by atoms with van der Waals surface area (Å²) in [5.74, 6) is 0.630. The first-order chi connectivity index (χ1) is 6.83. The minimum atomic E-state index is -0.130. The second kappa shape index (κ2) is 6.15. The second-order valence-electron chi connectivity index (χ2n) is 2.93. The van der Waals surface area contributed by atoms with Crippen LogP contribution in [0.15, 0.2) is 17.2 Å². The zero-order valence-corrected chi connectivity index (χ0v) is 8.34. The molecule has 0 amide bonds. The predicted octanol–water partition coefficient (Wildman–Crippen LogP) is 0.181. The highest BCUT2D eigenvalue weighted by molar-refractivity contribution is 5.31. The van der Waals surface area contributed by atoms with Crippen molar-refractivity contribution in [3.05, 3.63) is 22.7 Å². The van der Waals surface area contributed by atoms with Crippen LogP contribution in [0.1, 0.15) is 13.3 Å². The van der Waals surface area contributed by atoms with Crippen molar-refractivity contribution in [2.75, 3.05) is 25.0 Å². The molecule has 0 fully saturated rings. The quantitative estimate of drug-likeness (QED) is 0.568. The van der Waals surface area contributed by atoms with Crippen LogP contribution in [0, 0.1) is 0 Å². The first kappa shape index (κ1) is 10.7. The fraction of sp³-hybridized carbons (Fsp3) is 0.556. The molecule has 0 aromatic carbocycles. The molecular formula is C9H16N4O. The van der Waals surface area contributed by atoms with Crippen LogP contribution in [-0.2, 0) is 0 Å². The normalized spacial score (nSPS) is 10.1. The van der Waals surface area contributed by atoms with Gasteiger partial charge in [0, 0.05) is 12.6 Å². The first-order valence-corrected chi connectivity index (χ1v) is 4.82. The van der Waals surface area contributed by atoms with Gasteiger partial charge in [-0.2, -0.15) is 0 Å². The van der Waals surface area contributed by atoms with Crippen molar-refractivity contribution in [2.24, 2.45) is 0 Å². The maximum absolute atomic E-state index is 10.9. The summed E-state index contributed by atoms with van der Waals surface area (Å²) in [5.41, 5.74) is -0.130. The Morgan fingerprint density at radius 1 is 1.50 bits per heavy atom. The van der Waals surface area contributed by atoms with E-state index in [4.69, 9.17) is 0 Å². The van der Waals surface area contributed by atoms with Crippen LogP contribution in [0.25, 0.3) is 0 Å². The van der Waals surface area contributed by atoms with Crippen molar-refractivity contribution < 1.29 is 0 Å². The highest BCUT2D eigenvalue weighted by Gasteiger charge is 1.92. The van der Waals surface area contributed by atoms with Gasteiger partial charge in [-0.1, -0.05) is 6.92 Å². The van der Waals surface area contributed by atoms with Gasteiger partial charge in [0.05, 0.1) is 6.33 Å². The number of rotatable bonds is 6. The van der Waals surface area contributed by atoms with Gasteiger partial charge in [0.25, 0.3) is 5.56 Å². The summed E-state index contributed by atoms with van der Waals surface area (Å²) in [5, 5.41) is 6.29. The first-order valence-electron chi connectivity index (χ1n) is 4.82. The fourth-order valence-electron chi connectivity index (χ4n) is 1.07. The van der Waals surface area contributed by atoms with Crippen molar-refractivity contribution in [3.8, 4) is 0 Å². The van der Waals surface area contributed by atoms with Crippen LogP contribution in [-0.4, -0.2) is 29.6 Å². The third-order valence-corrected chi connectivity index (χ3v) is 1.76. The molecule has 0 saturated heterocycles. The summed E-state index contributed by atoms with van der Waals surface area (Å²) in [4.78, 5) is 17.3. The van der Waals surface area contributed by atoms with Crippen LogP contribution in [0.4, 0.5) is 5.82 Å². The Bertz CT molecular complexity index is 310. The van der Waals surface area contributed by atoms with Gasteiger partial charge in [0.15, 0.2) is 0 Å². The Morgan fingerprint density at radius 2 is 2.36 bits per heavy atom. The third kappa shape index (κ3) is 4.04. The number of anilines is 1. The Balaban J connectivity index is 2.21. The van der Waals surface area contributed by atoms with Crippen molar-refractivity contribution in [1.82, 2.24) is 15.3 Å². The van der Waals surface area contributed by atoms with Crippen molar-refractivity contribution in [2.45, 2.75) is 13.3 Å². The van der Waals surface area contributed by atoms with Gasteiger partial charge < -0.3 is 15.6 Å². The van der Waals surface area contributed by atoms with Gasteiger partial charge in [0.1, 0.15) is 5.82 Å². The minimum Gasteiger partial charge on any atom is -0.370 e. The molecule has 0 aliphatic rings. The third-order valence-electron chi connectivity index (χ3n) is 1.76. The molecule has 0 atom stereocenters. The predicted molar refractivity (Wildman–Crippen MR) is 56.5 cm³/mol. The van der Waals surface area contributed by atoms with Gasteiger partial charge in [-0.3, -0.25) is 4.79 Å². The molecule has 14 heavy (non-hydrogen) atoms. The molecule has 5 heteroatoms. The summed E-state index contributed by atoms with van der Waals surface area (Å²) in [6.07, 6.45) is 2.41. The van der Waals surface area contributed by atoms with E-state index in [1.807, 2.05) is 0 Å². The number of aromatic amines is 1. The highest BCUT2D eigenvalue weighted by Crippen LogP contribution is 1.93. The van der Waals surface area contributed by atoms with Gasteiger partial charge in [0.2, 0.25) is 0 Å². The number of aromatic nitrogens is 2. The Hall–Kier alpha value is -1.36. The molecule has 0 unspecified atom stereocenters. The monoisotopic (exact) mass is 196 g/mol. The molecule has 0 aliphatic carbocycles. The number of H-pyrrole nitrogens is 1. The molecule has 0 radical (unpaired) electrons. The standard InChI is InChI=1S/C9H16N4O/c1-2-10-4-3-5-11-8-6-9(14)13-7-12-8/h6-7,10H,2-5H2,1H3,(H2,11,12,13,14). The Morgan fingerprint density at radius 3 is 3.07 bits per heavy atom. The second-order valence-corrected chi connectivity index (χ2v) is 2.93. The molecule has 3 N–H and O–H groups in total. The van der Waals surface area contributed by atoms with E-state index >= 15 is 0 Å². The molecule has 0 bridgehead atoms. The molecule has 1 heterocycles. The lowest BCUT2D eigenvalue weighted by Crippen LogP contribution is -2.18. The summed E-state index contributed by atoms with van der Waals surface area (Å²) in [6, 6.07) is 1.45. The van der Waals surface area contributed by atoms with Crippen molar-refractivity contribution >= 4 is 5.82 Å². The molecule has 0 spiro atoms. The molecule has 78 valence electrons. The lowest BCUT2D eigenvalue weighted by molar-refractivity contribution is 0.688. The van der Waals surface area contributed by atoms with Crippen LogP contribution >= 0.6 is 0 Å². The molecule has 1 aromatic rings. The van der Waals surface area contributed by atoms with E-state index in [1.165, 1.54) is 12.4 Å². The van der Waals surface area contributed by atoms with Crippen LogP contribution in [0.2, 0.25) is 0 Å². The highest BCUT2D eigenvalue weighted by atomic mass is 16.1. The van der Waals surface area contributed by atoms with Gasteiger partial charge in [-0.15, -0.1) is 0 Å². The summed E-state index contributed by atoms with van der Waals surface area (Å²) in [7, 11) is 0. The maximum Gasteiger partial charge on any atom is 0.252 e. The SMILES string of the molecule is CCNCCCNc1cc(=O)[nH]cn1. The average molecular weight is 196 g/mol. The molecule has 0 aliphatic heterocycles. The van der Waals surface area contributed by atoms with E-state index in [0.29, 0.717) is 5.82 Å². The smallest absolute Gasteiger partial charge is 0.252 e. The van der Waals surface area contributed by atoms with Crippen LogP contribution in [0.5, 0.6) is 0 Å². The lowest BCUT2D eigenvalue weighted by atomic mass is 10.4. The van der Waals surface area contributed by atoms with E-state index in [0.717, 1.165) is 26.1 Å². The summed E-state index contributed by atoms with van der Waals surface area (Å²) < 4.78 is 0. The summed E-state index contributed by atoms with van der Waals surface area (Å²) >= 11 is 0. The van der Waals surface area contributed by atoms with Crippen LogP contribution in [0.3, 0.4) is 0 Å². The number of hydrogen-bond donors (Lipinski definition) is 3. The lowest BCUT2D eigenvalue weighted by Gasteiger charge is -2.04. The van der Waals surface area contributed by atoms with Gasteiger partial charge >= 0.3 is 0 Å². The molecule has 1 rings (SSSR count). The maximum atomic E-state index is 10.9. The van der Waals surface area contributed by atoms with E-state index in [-0.39, 0.29) is 5.56 Å². The van der Waals surface area contributed by atoms with Crippen molar-refractivity contribution in [3.63, 3.8) is 0 Å². The molecule has 1 aromatic heterocycles. The summed E-state index contributed by atoms with van der Waals surface area (Å²) in [6.45, 7) is 4.87.